The summed E-state index contributed by atoms with van der Waals surface area (Å²) in [4.78, 5) is 15.0. The smallest absolute Gasteiger partial charge is 0.269 e. The van der Waals surface area contributed by atoms with E-state index < -0.39 is 21.0 Å². The highest BCUT2D eigenvalue weighted by atomic mass is 35.5. The number of nitro groups is 1. The lowest BCUT2D eigenvalue weighted by Crippen LogP contribution is -2.09. The fraction of sp³-hybridized carbons (Fsp3) is 0.0952. The van der Waals surface area contributed by atoms with Gasteiger partial charge in [0.2, 0.25) is 10.0 Å². The van der Waals surface area contributed by atoms with Gasteiger partial charge < -0.3 is 0 Å². The van der Waals surface area contributed by atoms with Crippen LogP contribution in [0.2, 0.25) is 0 Å². The van der Waals surface area contributed by atoms with Gasteiger partial charge in [0.05, 0.1) is 11.2 Å². The molecule has 0 amide bonds. The van der Waals surface area contributed by atoms with E-state index in [4.69, 9.17) is 11.6 Å². The van der Waals surface area contributed by atoms with Gasteiger partial charge in [-0.25, -0.2) is 8.42 Å². The Labute approximate surface area is 179 Å². The minimum atomic E-state index is -3.37. The monoisotopic (exact) mass is 443 g/mol. The van der Waals surface area contributed by atoms with Crippen LogP contribution in [0.5, 0.6) is 0 Å². The Bertz CT molecular complexity index is 1160. The molecule has 3 aromatic rings. The molecule has 0 bridgehead atoms. The van der Waals surface area contributed by atoms with Crippen LogP contribution in [0.4, 0.5) is 11.4 Å². The van der Waals surface area contributed by atoms with Crippen molar-refractivity contribution in [1.29, 1.82) is 0 Å². The number of anilines is 1. The molecule has 0 fully saturated rings. The number of sulfonamides is 1. The lowest BCUT2D eigenvalue weighted by Gasteiger charge is -2.15. The summed E-state index contributed by atoms with van der Waals surface area (Å²) in [6, 6.07) is 21.7. The van der Waals surface area contributed by atoms with E-state index in [1.165, 1.54) is 12.1 Å². The third-order valence-corrected chi connectivity index (χ3v) is 5.13. The number of aliphatic imine (C=N–C) groups is 1. The fourth-order valence-electron chi connectivity index (χ4n) is 2.83. The Morgan fingerprint density at radius 2 is 1.53 bits per heavy atom. The molecule has 154 valence electrons. The van der Waals surface area contributed by atoms with Gasteiger partial charge in [0.15, 0.2) is 0 Å². The van der Waals surface area contributed by atoms with Crippen molar-refractivity contribution in [2.45, 2.75) is 6.04 Å². The summed E-state index contributed by atoms with van der Waals surface area (Å²) in [5.41, 5.74) is 2.66. The van der Waals surface area contributed by atoms with Crippen LogP contribution in [-0.2, 0) is 10.0 Å². The Hall–Kier alpha value is -3.23. The lowest BCUT2D eigenvalue weighted by atomic mass is 9.99. The number of nitro benzene ring substituents is 1. The summed E-state index contributed by atoms with van der Waals surface area (Å²) in [5, 5.41) is 11.0. The molecule has 0 aliphatic heterocycles. The minimum Gasteiger partial charge on any atom is -0.284 e. The van der Waals surface area contributed by atoms with Gasteiger partial charge in [0.25, 0.3) is 5.69 Å². The first-order chi connectivity index (χ1) is 14.2. The Morgan fingerprint density at radius 1 is 0.967 bits per heavy atom. The number of benzene rings is 3. The van der Waals surface area contributed by atoms with Crippen molar-refractivity contribution in [1.82, 2.24) is 0 Å². The normalized spacial score (nSPS) is 12.9. The second kappa shape index (κ2) is 9.06. The van der Waals surface area contributed by atoms with Gasteiger partial charge in [-0.1, -0.05) is 54.1 Å². The van der Waals surface area contributed by atoms with E-state index in [2.05, 4.69) is 9.71 Å². The van der Waals surface area contributed by atoms with Gasteiger partial charge >= 0.3 is 0 Å². The molecular weight excluding hydrogens is 426 g/mol. The highest BCUT2D eigenvalue weighted by Gasteiger charge is 2.15. The van der Waals surface area contributed by atoms with Gasteiger partial charge in [0.1, 0.15) is 11.2 Å². The van der Waals surface area contributed by atoms with E-state index in [0.717, 1.165) is 17.4 Å². The number of hydrogen-bond donors (Lipinski definition) is 1. The zero-order chi connectivity index (χ0) is 21.7. The summed E-state index contributed by atoms with van der Waals surface area (Å²) >= 11 is 6.44. The molecule has 3 rings (SSSR count). The van der Waals surface area contributed by atoms with Crippen LogP contribution < -0.4 is 4.72 Å². The van der Waals surface area contributed by atoms with Gasteiger partial charge in [-0.3, -0.25) is 19.8 Å². The number of nitrogens with one attached hydrogen (secondary N) is 1. The molecule has 1 unspecified atom stereocenters. The summed E-state index contributed by atoms with van der Waals surface area (Å²) < 4.78 is 25.3. The van der Waals surface area contributed by atoms with E-state index in [1.54, 1.807) is 36.4 Å². The van der Waals surface area contributed by atoms with E-state index in [-0.39, 0.29) is 10.9 Å². The Morgan fingerprint density at radius 3 is 2.07 bits per heavy atom. The zero-order valence-corrected chi connectivity index (χ0v) is 17.5. The predicted octanol–water partition coefficient (Wildman–Crippen LogP) is 4.74. The summed E-state index contributed by atoms with van der Waals surface area (Å²) in [5.74, 6) is 0. The zero-order valence-electron chi connectivity index (χ0n) is 15.9. The van der Waals surface area contributed by atoms with Crippen molar-refractivity contribution < 1.29 is 13.3 Å². The number of hydrogen-bond acceptors (Lipinski definition) is 5. The van der Waals surface area contributed by atoms with Gasteiger partial charge in [-0.05, 0) is 35.4 Å². The Balaban J connectivity index is 1.97. The molecule has 0 spiro atoms. The standard InChI is InChI=1S/C21H18ClN3O4S/c1-30(28,29)24-18-11-7-16(8-12-18)20(15-5-3-2-4-6-15)23-21(22)17-9-13-19(14-10-17)25(26)27/h2-14,20,24H,1H3. The van der Waals surface area contributed by atoms with Crippen molar-refractivity contribution in [3.05, 3.63) is 106 Å². The molecule has 0 aliphatic carbocycles. The first-order valence-corrected chi connectivity index (χ1v) is 11.1. The van der Waals surface area contributed by atoms with Crippen LogP contribution >= 0.6 is 11.6 Å². The Kier molecular flexibility index (Phi) is 6.49. The van der Waals surface area contributed by atoms with Crippen molar-refractivity contribution in [2.75, 3.05) is 11.0 Å². The van der Waals surface area contributed by atoms with Crippen molar-refractivity contribution >= 4 is 38.2 Å². The number of halogens is 1. The topological polar surface area (TPSA) is 102 Å². The molecule has 0 saturated heterocycles. The van der Waals surface area contributed by atoms with Gasteiger partial charge in [-0.15, -0.1) is 0 Å². The average molecular weight is 444 g/mol. The van der Waals surface area contributed by atoms with E-state index in [9.17, 15) is 18.5 Å². The summed E-state index contributed by atoms with van der Waals surface area (Å²) in [6.45, 7) is 0. The summed E-state index contributed by atoms with van der Waals surface area (Å²) in [6.07, 6.45) is 1.09. The SMILES string of the molecule is CS(=O)(=O)Nc1ccc(C(N=C(Cl)c2ccc([N+](=O)[O-])cc2)c2ccccc2)cc1. The molecule has 0 aromatic heterocycles. The molecule has 0 aliphatic rings. The molecule has 0 heterocycles. The van der Waals surface area contributed by atoms with Crippen LogP contribution in [0.25, 0.3) is 0 Å². The quantitative estimate of drug-likeness (QED) is 0.323. The second-order valence-electron chi connectivity index (χ2n) is 6.53. The third kappa shape index (κ3) is 5.65. The van der Waals surface area contributed by atoms with E-state index >= 15 is 0 Å². The number of non-ortho nitro benzene ring substituents is 1. The number of nitrogens with zero attached hydrogens (tertiary/aromatic N) is 2. The first-order valence-electron chi connectivity index (χ1n) is 8.84. The number of rotatable bonds is 7. The molecule has 1 atom stereocenters. The third-order valence-electron chi connectivity index (χ3n) is 4.20. The van der Waals surface area contributed by atoms with Crippen molar-refractivity contribution in [2.24, 2.45) is 4.99 Å². The highest BCUT2D eigenvalue weighted by molar-refractivity contribution is 7.92. The maximum absolute atomic E-state index is 11.4. The molecule has 3 aromatic carbocycles. The lowest BCUT2D eigenvalue weighted by molar-refractivity contribution is -0.384. The fourth-order valence-corrected chi connectivity index (χ4v) is 3.62. The average Bonchev–Trinajstić information content (AvgIpc) is 2.72. The van der Waals surface area contributed by atoms with Gasteiger partial charge in [-0.2, -0.15) is 0 Å². The predicted molar refractivity (Wildman–Crippen MR) is 119 cm³/mol. The molecule has 1 N–H and O–H groups in total. The van der Waals surface area contributed by atoms with Crippen molar-refractivity contribution in [3.8, 4) is 0 Å². The van der Waals surface area contributed by atoms with Crippen LogP contribution in [0, 0.1) is 10.1 Å². The van der Waals surface area contributed by atoms with Crippen LogP contribution in [-0.4, -0.2) is 24.8 Å². The van der Waals surface area contributed by atoms with Crippen LogP contribution in [0.3, 0.4) is 0 Å². The van der Waals surface area contributed by atoms with Crippen LogP contribution in [0.15, 0.2) is 83.9 Å². The van der Waals surface area contributed by atoms with E-state index in [1.807, 2.05) is 30.3 Å². The molecular formula is C21H18ClN3O4S. The minimum absolute atomic E-state index is 0.0307. The highest BCUT2D eigenvalue weighted by Crippen LogP contribution is 2.29. The molecule has 30 heavy (non-hydrogen) atoms. The molecule has 0 saturated carbocycles. The molecule has 9 heteroatoms. The molecule has 7 nitrogen and oxygen atoms in total. The maximum atomic E-state index is 11.4. The largest absolute Gasteiger partial charge is 0.284 e. The molecule has 0 radical (unpaired) electrons. The first kappa shape index (κ1) is 21.5. The van der Waals surface area contributed by atoms with E-state index in [0.29, 0.717) is 11.3 Å². The second-order valence-corrected chi connectivity index (χ2v) is 8.64. The maximum Gasteiger partial charge on any atom is 0.269 e. The van der Waals surface area contributed by atoms with Crippen LogP contribution in [0.1, 0.15) is 22.7 Å². The van der Waals surface area contributed by atoms with Crippen molar-refractivity contribution in [3.63, 3.8) is 0 Å². The van der Waals surface area contributed by atoms with Gasteiger partial charge in [0, 0.05) is 23.4 Å². The summed E-state index contributed by atoms with van der Waals surface area (Å²) in [7, 11) is -3.37.